The van der Waals surface area contributed by atoms with E-state index in [1.807, 2.05) is 0 Å². The van der Waals surface area contributed by atoms with Crippen molar-refractivity contribution in [3.05, 3.63) is 31.0 Å². The number of nitrogens with zero attached hydrogens (tertiary/aromatic N) is 4. The second-order valence-electron chi connectivity index (χ2n) is 5.96. The van der Waals surface area contributed by atoms with Crippen molar-refractivity contribution in [2.24, 2.45) is 5.92 Å². The van der Waals surface area contributed by atoms with E-state index in [9.17, 15) is 9.59 Å². The van der Waals surface area contributed by atoms with Crippen LogP contribution < -0.4 is 10.6 Å². The van der Waals surface area contributed by atoms with Gasteiger partial charge in [0.25, 0.3) is 0 Å². The Morgan fingerprint density at radius 3 is 2.67 bits per heavy atom. The van der Waals surface area contributed by atoms with Crippen LogP contribution in [0.3, 0.4) is 0 Å². The highest BCUT2D eigenvalue weighted by Gasteiger charge is 2.31. The van der Waals surface area contributed by atoms with Crippen LogP contribution >= 0.6 is 0 Å². The van der Waals surface area contributed by atoms with Crippen molar-refractivity contribution in [1.82, 2.24) is 25.1 Å². The van der Waals surface area contributed by atoms with Crippen molar-refractivity contribution in [3.8, 4) is 5.82 Å². The van der Waals surface area contributed by atoms with Crippen LogP contribution in [0, 0.1) is 5.92 Å². The molecule has 2 aromatic heterocycles. The summed E-state index contributed by atoms with van der Waals surface area (Å²) in [5.41, 5.74) is 0.581. The van der Waals surface area contributed by atoms with Crippen LogP contribution in [0.25, 0.3) is 5.82 Å². The lowest BCUT2D eigenvalue weighted by atomic mass is 9.97. The number of rotatable bonds is 5. The second-order valence-corrected chi connectivity index (χ2v) is 5.96. The van der Waals surface area contributed by atoms with Gasteiger partial charge in [0, 0.05) is 6.92 Å². The predicted octanol–water partition coefficient (Wildman–Crippen LogP) is 1.30. The van der Waals surface area contributed by atoms with Crippen LogP contribution in [0.15, 0.2) is 31.0 Å². The minimum Gasteiger partial charge on any atom is -0.344 e. The molecule has 1 saturated carbocycles. The lowest BCUT2D eigenvalue weighted by Gasteiger charge is -2.23. The maximum atomic E-state index is 12.6. The van der Waals surface area contributed by atoms with Crippen LogP contribution in [0.2, 0.25) is 0 Å². The zero-order valence-corrected chi connectivity index (χ0v) is 13.5. The Morgan fingerprint density at radius 1 is 1.29 bits per heavy atom. The number of aromatic nitrogens is 4. The Labute approximate surface area is 139 Å². The van der Waals surface area contributed by atoms with Gasteiger partial charge in [-0.25, -0.2) is 14.6 Å². The first-order valence-electron chi connectivity index (χ1n) is 8.02. The first-order valence-corrected chi connectivity index (χ1v) is 8.02. The summed E-state index contributed by atoms with van der Waals surface area (Å²) in [4.78, 5) is 32.1. The van der Waals surface area contributed by atoms with Gasteiger partial charge in [-0.15, -0.1) is 0 Å². The molecule has 2 N–H and O–H groups in total. The number of anilines is 1. The van der Waals surface area contributed by atoms with Gasteiger partial charge in [-0.05, 0) is 30.9 Å². The molecule has 1 fully saturated rings. The SMILES string of the molecule is CC(=O)N[C@@H](C(=O)Nc1ccc(-n2cncn2)nc1)C1CCCC1. The highest BCUT2D eigenvalue weighted by Crippen LogP contribution is 2.28. The first kappa shape index (κ1) is 16.1. The van der Waals surface area contributed by atoms with E-state index >= 15 is 0 Å². The molecule has 8 heteroatoms. The van der Waals surface area contributed by atoms with Gasteiger partial charge in [-0.3, -0.25) is 9.59 Å². The number of nitrogens with one attached hydrogen (secondary N) is 2. The predicted molar refractivity (Wildman–Crippen MR) is 87.3 cm³/mol. The molecule has 2 heterocycles. The minimum atomic E-state index is -0.500. The van der Waals surface area contributed by atoms with E-state index in [2.05, 4.69) is 25.7 Å². The molecule has 0 aliphatic heterocycles. The molecular weight excluding hydrogens is 308 g/mol. The fraction of sp³-hybridized carbons (Fsp3) is 0.438. The molecule has 0 spiro atoms. The summed E-state index contributed by atoms with van der Waals surface area (Å²) < 4.78 is 1.53. The molecule has 1 aliphatic carbocycles. The van der Waals surface area contributed by atoms with E-state index in [1.165, 1.54) is 17.9 Å². The van der Waals surface area contributed by atoms with E-state index < -0.39 is 6.04 Å². The standard InChI is InChI=1S/C16H20N6O2/c1-11(23)20-15(12-4-2-3-5-12)16(24)21-13-6-7-14(18-8-13)22-10-17-9-19-22/h6-10,12,15H,2-5H2,1H3,(H,20,23)(H,21,24)/t15-/m1/s1. The van der Waals surface area contributed by atoms with Gasteiger partial charge in [0.15, 0.2) is 5.82 Å². The lowest BCUT2D eigenvalue weighted by Crippen LogP contribution is -2.47. The number of amides is 2. The number of hydrogen-bond donors (Lipinski definition) is 2. The molecular formula is C16H20N6O2. The summed E-state index contributed by atoms with van der Waals surface area (Å²) >= 11 is 0. The minimum absolute atomic E-state index is 0.191. The maximum absolute atomic E-state index is 12.6. The van der Waals surface area contributed by atoms with Crippen molar-refractivity contribution in [3.63, 3.8) is 0 Å². The van der Waals surface area contributed by atoms with E-state index in [4.69, 9.17) is 0 Å². The molecule has 1 atom stereocenters. The van der Waals surface area contributed by atoms with Crippen molar-refractivity contribution in [1.29, 1.82) is 0 Å². The Kier molecular flexibility index (Phi) is 4.83. The molecule has 2 amide bonds. The molecule has 0 saturated heterocycles. The average molecular weight is 328 g/mol. The van der Waals surface area contributed by atoms with Gasteiger partial charge in [0.05, 0.1) is 11.9 Å². The van der Waals surface area contributed by atoms with Crippen LogP contribution in [0.1, 0.15) is 32.6 Å². The Hall–Kier alpha value is -2.77. The number of pyridine rings is 1. The highest BCUT2D eigenvalue weighted by atomic mass is 16.2. The van der Waals surface area contributed by atoms with Gasteiger partial charge >= 0.3 is 0 Å². The van der Waals surface area contributed by atoms with E-state index in [-0.39, 0.29) is 17.7 Å². The van der Waals surface area contributed by atoms with Gasteiger partial charge in [-0.2, -0.15) is 5.10 Å². The van der Waals surface area contributed by atoms with Crippen molar-refractivity contribution in [2.75, 3.05) is 5.32 Å². The Bertz CT molecular complexity index is 692. The van der Waals surface area contributed by atoms with Crippen molar-refractivity contribution < 1.29 is 9.59 Å². The van der Waals surface area contributed by atoms with E-state index in [0.717, 1.165) is 25.7 Å². The van der Waals surface area contributed by atoms with Gasteiger partial charge in [0.1, 0.15) is 18.7 Å². The summed E-state index contributed by atoms with van der Waals surface area (Å²) in [5.74, 6) is 0.407. The third-order valence-corrected chi connectivity index (χ3v) is 4.18. The van der Waals surface area contributed by atoms with Crippen LogP contribution in [0.5, 0.6) is 0 Å². The molecule has 0 aromatic carbocycles. The Morgan fingerprint density at radius 2 is 2.08 bits per heavy atom. The molecule has 2 aromatic rings. The average Bonchev–Trinajstić information content (AvgIpc) is 3.26. The monoisotopic (exact) mass is 328 g/mol. The molecule has 3 rings (SSSR count). The van der Waals surface area contributed by atoms with Crippen LogP contribution in [-0.4, -0.2) is 37.6 Å². The summed E-state index contributed by atoms with van der Waals surface area (Å²) in [5, 5.41) is 9.62. The molecule has 0 radical (unpaired) electrons. The summed E-state index contributed by atoms with van der Waals surface area (Å²) in [6, 6.07) is 2.99. The molecule has 24 heavy (non-hydrogen) atoms. The summed E-state index contributed by atoms with van der Waals surface area (Å²) in [6.07, 6.45) is 8.66. The van der Waals surface area contributed by atoms with Crippen molar-refractivity contribution >= 4 is 17.5 Å². The zero-order valence-electron chi connectivity index (χ0n) is 13.5. The topological polar surface area (TPSA) is 102 Å². The number of carbonyl (C=O) groups excluding carboxylic acids is 2. The quantitative estimate of drug-likeness (QED) is 0.861. The second kappa shape index (κ2) is 7.20. The maximum Gasteiger partial charge on any atom is 0.247 e. The summed E-state index contributed by atoms with van der Waals surface area (Å²) in [7, 11) is 0. The van der Waals surface area contributed by atoms with E-state index in [0.29, 0.717) is 11.5 Å². The smallest absolute Gasteiger partial charge is 0.247 e. The number of carbonyl (C=O) groups is 2. The van der Waals surface area contributed by atoms with E-state index in [1.54, 1.807) is 24.7 Å². The molecule has 8 nitrogen and oxygen atoms in total. The molecule has 0 unspecified atom stereocenters. The van der Waals surface area contributed by atoms with Crippen LogP contribution in [-0.2, 0) is 9.59 Å². The lowest BCUT2D eigenvalue weighted by molar-refractivity contribution is -0.126. The van der Waals surface area contributed by atoms with Crippen molar-refractivity contribution in [2.45, 2.75) is 38.6 Å². The normalized spacial score (nSPS) is 15.9. The van der Waals surface area contributed by atoms with Gasteiger partial charge in [-0.1, -0.05) is 12.8 Å². The summed E-state index contributed by atoms with van der Waals surface area (Å²) in [6.45, 7) is 1.43. The number of hydrogen-bond acceptors (Lipinski definition) is 5. The zero-order chi connectivity index (χ0) is 16.9. The fourth-order valence-electron chi connectivity index (χ4n) is 3.05. The molecule has 0 bridgehead atoms. The largest absolute Gasteiger partial charge is 0.344 e. The highest BCUT2D eigenvalue weighted by molar-refractivity contribution is 5.97. The van der Waals surface area contributed by atoms with Gasteiger partial charge in [0.2, 0.25) is 11.8 Å². The Balaban J connectivity index is 1.68. The first-order chi connectivity index (χ1) is 11.6. The van der Waals surface area contributed by atoms with Gasteiger partial charge < -0.3 is 10.6 Å². The third-order valence-electron chi connectivity index (χ3n) is 4.18. The van der Waals surface area contributed by atoms with Crippen LogP contribution in [0.4, 0.5) is 5.69 Å². The third kappa shape index (κ3) is 3.76. The molecule has 126 valence electrons. The fourth-order valence-corrected chi connectivity index (χ4v) is 3.05. The molecule has 1 aliphatic rings.